The van der Waals surface area contributed by atoms with Crippen molar-refractivity contribution >= 4 is 17.1 Å². The van der Waals surface area contributed by atoms with E-state index in [2.05, 4.69) is 48.3 Å². The summed E-state index contributed by atoms with van der Waals surface area (Å²) in [4.78, 5) is 13.6. The highest BCUT2D eigenvalue weighted by Crippen LogP contribution is 2.33. The molecule has 0 aliphatic carbocycles. The third-order valence-electron chi connectivity index (χ3n) is 5.21. The van der Waals surface area contributed by atoms with Gasteiger partial charge in [0.25, 0.3) is 5.69 Å². The Morgan fingerprint density at radius 2 is 1.88 bits per heavy atom. The first-order chi connectivity index (χ1) is 12.6. The number of nitrogens with one attached hydrogen (secondary N) is 1. The van der Waals surface area contributed by atoms with E-state index >= 15 is 0 Å². The molecular weight excluding hydrogens is 326 g/mol. The lowest BCUT2D eigenvalue weighted by atomic mass is 10.0. The lowest BCUT2D eigenvalue weighted by molar-refractivity contribution is -0.384. The van der Waals surface area contributed by atoms with Crippen molar-refractivity contribution in [3.8, 4) is 0 Å². The SMILES string of the molecule is CCc1ccc(NCc2ccc(N3CCCC[C@H]3C)c([N+](=O)[O-])c2)cc1. The summed E-state index contributed by atoms with van der Waals surface area (Å²) in [6.45, 7) is 5.75. The van der Waals surface area contributed by atoms with Gasteiger partial charge in [-0.05, 0) is 61.9 Å². The first-order valence-corrected chi connectivity index (χ1v) is 9.45. The Labute approximate surface area is 155 Å². The van der Waals surface area contributed by atoms with Crippen LogP contribution in [0, 0.1) is 10.1 Å². The second-order valence-electron chi connectivity index (χ2n) is 7.02. The fraction of sp³-hybridized carbons (Fsp3) is 0.429. The van der Waals surface area contributed by atoms with Crippen molar-refractivity contribution in [1.29, 1.82) is 0 Å². The van der Waals surface area contributed by atoms with E-state index in [1.54, 1.807) is 6.07 Å². The van der Waals surface area contributed by atoms with Crippen LogP contribution in [0.15, 0.2) is 42.5 Å². The number of hydrogen-bond acceptors (Lipinski definition) is 4. The highest BCUT2D eigenvalue weighted by molar-refractivity contribution is 5.65. The molecule has 1 aliphatic rings. The average Bonchev–Trinajstić information content (AvgIpc) is 2.67. The predicted octanol–water partition coefficient (Wildman–Crippen LogP) is 5.15. The summed E-state index contributed by atoms with van der Waals surface area (Å²) in [5, 5.41) is 15.0. The number of nitro groups is 1. The van der Waals surface area contributed by atoms with Gasteiger partial charge in [-0.15, -0.1) is 0 Å². The Morgan fingerprint density at radius 3 is 2.54 bits per heavy atom. The molecule has 0 unspecified atom stereocenters. The van der Waals surface area contributed by atoms with Crippen molar-refractivity contribution in [2.75, 3.05) is 16.8 Å². The quantitative estimate of drug-likeness (QED) is 0.576. The summed E-state index contributed by atoms with van der Waals surface area (Å²) in [6, 6.07) is 14.3. The number of aryl methyl sites for hydroxylation is 1. The average molecular weight is 353 g/mol. The molecule has 5 heteroatoms. The summed E-state index contributed by atoms with van der Waals surface area (Å²) in [6.07, 6.45) is 4.40. The van der Waals surface area contributed by atoms with Crippen molar-refractivity contribution in [2.24, 2.45) is 0 Å². The Balaban J connectivity index is 1.76. The third kappa shape index (κ3) is 4.15. The second kappa shape index (κ2) is 8.21. The molecule has 0 saturated carbocycles. The van der Waals surface area contributed by atoms with Crippen LogP contribution in [0.5, 0.6) is 0 Å². The standard InChI is InChI=1S/C21H27N3O2/c1-3-17-7-10-19(11-8-17)22-15-18-9-12-20(21(14-18)24(25)26)23-13-5-4-6-16(23)2/h7-12,14,16,22H,3-6,13,15H2,1-2H3/t16-/m1/s1. The summed E-state index contributed by atoms with van der Waals surface area (Å²) in [5.74, 6) is 0. The molecule has 1 aliphatic heterocycles. The highest BCUT2D eigenvalue weighted by Gasteiger charge is 2.25. The van der Waals surface area contributed by atoms with Crippen LogP contribution >= 0.6 is 0 Å². The van der Waals surface area contributed by atoms with E-state index in [0.717, 1.165) is 42.7 Å². The second-order valence-corrected chi connectivity index (χ2v) is 7.02. The number of benzene rings is 2. The van der Waals surface area contributed by atoms with Gasteiger partial charge in [-0.2, -0.15) is 0 Å². The zero-order valence-electron chi connectivity index (χ0n) is 15.6. The molecule has 0 bridgehead atoms. The minimum atomic E-state index is -0.254. The Bertz CT molecular complexity index is 758. The Morgan fingerprint density at radius 1 is 1.15 bits per heavy atom. The summed E-state index contributed by atoms with van der Waals surface area (Å²) in [5.41, 5.74) is 4.20. The number of piperidine rings is 1. The van der Waals surface area contributed by atoms with Gasteiger partial charge in [-0.1, -0.05) is 25.1 Å². The summed E-state index contributed by atoms with van der Waals surface area (Å²) < 4.78 is 0. The number of anilines is 2. The molecule has 1 N–H and O–H groups in total. The fourth-order valence-corrected chi connectivity index (χ4v) is 3.59. The van der Waals surface area contributed by atoms with E-state index in [1.807, 2.05) is 12.1 Å². The van der Waals surface area contributed by atoms with Gasteiger partial charge in [0.05, 0.1) is 4.92 Å². The minimum absolute atomic E-state index is 0.208. The van der Waals surface area contributed by atoms with E-state index in [9.17, 15) is 10.1 Å². The van der Waals surface area contributed by atoms with Crippen molar-refractivity contribution in [3.05, 3.63) is 63.7 Å². The molecule has 26 heavy (non-hydrogen) atoms. The zero-order valence-corrected chi connectivity index (χ0v) is 15.6. The van der Waals surface area contributed by atoms with Gasteiger partial charge in [0.15, 0.2) is 0 Å². The molecule has 1 heterocycles. The fourth-order valence-electron chi connectivity index (χ4n) is 3.59. The van der Waals surface area contributed by atoms with Crippen LogP contribution in [-0.4, -0.2) is 17.5 Å². The minimum Gasteiger partial charge on any atom is -0.381 e. The van der Waals surface area contributed by atoms with E-state index < -0.39 is 0 Å². The van der Waals surface area contributed by atoms with Crippen LogP contribution in [-0.2, 0) is 13.0 Å². The molecule has 0 spiro atoms. The molecule has 0 aromatic heterocycles. The number of nitrogens with zero attached hydrogens (tertiary/aromatic N) is 2. The number of nitro benzene ring substituents is 1. The van der Waals surface area contributed by atoms with Crippen LogP contribution in [0.3, 0.4) is 0 Å². The Kier molecular flexibility index (Phi) is 5.76. The van der Waals surface area contributed by atoms with Gasteiger partial charge in [-0.25, -0.2) is 0 Å². The van der Waals surface area contributed by atoms with E-state index in [4.69, 9.17) is 0 Å². The highest BCUT2D eigenvalue weighted by atomic mass is 16.6. The lowest BCUT2D eigenvalue weighted by Crippen LogP contribution is -2.37. The van der Waals surface area contributed by atoms with E-state index in [1.165, 1.54) is 12.0 Å². The van der Waals surface area contributed by atoms with Crippen LogP contribution < -0.4 is 10.2 Å². The van der Waals surface area contributed by atoms with Gasteiger partial charge in [0.1, 0.15) is 5.69 Å². The van der Waals surface area contributed by atoms with Crippen molar-refractivity contribution in [1.82, 2.24) is 0 Å². The van der Waals surface area contributed by atoms with Crippen LogP contribution in [0.25, 0.3) is 0 Å². The molecule has 1 fully saturated rings. The first-order valence-electron chi connectivity index (χ1n) is 9.45. The molecule has 3 rings (SSSR count). The molecule has 138 valence electrons. The number of hydrogen-bond donors (Lipinski definition) is 1. The summed E-state index contributed by atoms with van der Waals surface area (Å²) in [7, 11) is 0. The topological polar surface area (TPSA) is 58.4 Å². The molecule has 5 nitrogen and oxygen atoms in total. The molecule has 0 radical (unpaired) electrons. The smallest absolute Gasteiger partial charge is 0.292 e. The maximum atomic E-state index is 11.6. The number of rotatable bonds is 6. The van der Waals surface area contributed by atoms with Gasteiger partial charge in [0.2, 0.25) is 0 Å². The molecule has 0 amide bonds. The van der Waals surface area contributed by atoms with Crippen molar-refractivity contribution < 1.29 is 4.92 Å². The van der Waals surface area contributed by atoms with Crippen LogP contribution in [0.2, 0.25) is 0 Å². The monoisotopic (exact) mass is 353 g/mol. The normalized spacial score (nSPS) is 17.2. The third-order valence-corrected chi connectivity index (χ3v) is 5.21. The van der Waals surface area contributed by atoms with Gasteiger partial charge in [0, 0.05) is 30.9 Å². The molecule has 2 aromatic carbocycles. The molecule has 1 saturated heterocycles. The molecule has 1 atom stereocenters. The van der Waals surface area contributed by atoms with E-state index in [0.29, 0.717) is 12.6 Å². The van der Waals surface area contributed by atoms with Gasteiger partial charge < -0.3 is 10.2 Å². The maximum absolute atomic E-state index is 11.6. The van der Waals surface area contributed by atoms with Crippen molar-refractivity contribution in [2.45, 2.75) is 52.1 Å². The largest absolute Gasteiger partial charge is 0.381 e. The Hall–Kier alpha value is -2.56. The summed E-state index contributed by atoms with van der Waals surface area (Å²) >= 11 is 0. The van der Waals surface area contributed by atoms with Crippen LogP contribution in [0.4, 0.5) is 17.1 Å². The van der Waals surface area contributed by atoms with Gasteiger partial charge >= 0.3 is 0 Å². The maximum Gasteiger partial charge on any atom is 0.292 e. The molecule has 2 aromatic rings. The molecular formula is C21H27N3O2. The van der Waals surface area contributed by atoms with Crippen LogP contribution in [0.1, 0.15) is 44.2 Å². The first kappa shape index (κ1) is 18.2. The predicted molar refractivity (Wildman–Crippen MR) is 107 cm³/mol. The van der Waals surface area contributed by atoms with Crippen molar-refractivity contribution in [3.63, 3.8) is 0 Å². The van der Waals surface area contributed by atoms with E-state index in [-0.39, 0.29) is 10.6 Å². The lowest BCUT2D eigenvalue weighted by Gasteiger charge is -2.35. The zero-order chi connectivity index (χ0) is 18.5. The van der Waals surface area contributed by atoms with Gasteiger partial charge in [-0.3, -0.25) is 10.1 Å².